The lowest BCUT2D eigenvalue weighted by molar-refractivity contribution is -1.02. The van der Waals surface area contributed by atoms with Gasteiger partial charge in [0.15, 0.2) is 6.04 Å². The van der Waals surface area contributed by atoms with Crippen LogP contribution >= 0.6 is 0 Å². The molecule has 1 aliphatic carbocycles. The summed E-state index contributed by atoms with van der Waals surface area (Å²) in [5.74, 6) is 0.861. The van der Waals surface area contributed by atoms with Gasteiger partial charge in [0.05, 0.1) is 0 Å². The molecule has 1 heterocycles. The van der Waals surface area contributed by atoms with Crippen molar-refractivity contribution in [3.8, 4) is 0 Å². The zero-order valence-electron chi connectivity index (χ0n) is 16.8. The van der Waals surface area contributed by atoms with E-state index in [4.69, 9.17) is 0 Å². The molecule has 3 N–H and O–H groups in total. The van der Waals surface area contributed by atoms with Crippen LogP contribution in [0.5, 0.6) is 0 Å². The Kier molecular flexibility index (Phi) is 6.71. The smallest absolute Gasteiger partial charge is 0.278 e. The van der Waals surface area contributed by atoms with Gasteiger partial charge < -0.3 is 15.1 Å². The van der Waals surface area contributed by atoms with Crippen molar-refractivity contribution in [3.05, 3.63) is 35.4 Å². The molecular weight excluding hydrogens is 322 g/mol. The number of quaternary nitrogens is 2. The quantitative estimate of drug-likeness (QED) is 0.682. The first-order valence-corrected chi connectivity index (χ1v) is 10.6. The normalized spacial score (nSPS) is 25.4. The van der Waals surface area contributed by atoms with Gasteiger partial charge in [-0.1, -0.05) is 51.0 Å². The maximum atomic E-state index is 12.5. The molecule has 0 aromatic heterocycles. The van der Waals surface area contributed by atoms with Gasteiger partial charge in [-0.05, 0) is 31.2 Å². The molecule has 3 rings (SSSR count). The molecule has 1 aromatic rings. The van der Waals surface area contributed by atoms with Crippen LogP contribution in [0, 0.1) is 0 Å². The number of carbonyl (C=O) groups excluding carboxylic acids is 1. The maximum Gasteiger partial charge on any atom is 0.278 e. The highest BCUT2D eigenvalue weighted by atomic mass is 16.2. The van der Waals surface area contributed by atoms with Crippen LogP contribution in [0.1, 0.15) is 63.5 Å². The monoisotopic (exact) mass is 359 g/mol. The molecule has 0 bridgehead atoms. The number of hydrogen-bond acceptors (Lipinski definition) is 1. The Morgan fingerprint density at radius 1 is 1.04 bits per heavy atom. The molecule has 0 unspecified atom stereocenters. The van der Waals surface area contributed by atoms with E-state index in [0.29, 0.717) is 12.0 Å². The molecule has 2 fully saturated rings. The first kappa shape index (κ1) is 19.4. The zero-order chi connectivity index (χ0) is 18.5. The van der Waals surface area contributed by atoms with Crippen molar-refractivity contribution in [2.45, 2.75) is 71.0 Å². The fourth-order valence-electron chi connectivity index (χ4n) is 4.43. The van der Waals surface area contributed by atoms with Crippen molar-refractivity contribution in [1.82, 2.24) is 5.32 Å². The van der Waals surface area contributed by atoms with Crippen LogP contribution < -0.4 is 15.1 Å². The first-order chi connectivity index (χ1) is 12.5. The predicted octanol–water partition coefficient (Wildman–Crippen LogP) is 0.541. The number of piperazine rings is 1. The molecule has 1 aromatic carbocycles. The average molecular weight is 360 g/mol. The zero-order valence-corrected chi connectivity index (χ0v) is 16.8. The first-order valence-electron chi connectivity index (χ1n) is 10.6. The summed E-state index contributed by atoms with van der Waals surface area (Å²) < 4.78 is 0. The van der Waals surface area contributed by atoms with Crippen molar-refractivity contribution >= 4 is 5.91 Å². The summed E-state index contributed by atoms with van der Waals surface area (Å²) in [6, 6.07) is 9.65. The third-order valence-electron chi connectivity index (χ3n) is 6.41. The number of nitrogens with one attached hydrogen (secondary N) is 3. The molecule has 1 aliphatic heterocycles. The Balaban J connectivity index is 1.43. The van der Waals surface area contributed by atoms with Gasteiger partial charge in [-0.15, -0.1) is 0 Å². The number of hydrogen-bond donors (Lipinski definition) is 3. The highest BCUT2D eigenvalue weighted by Crippen LogP contribution is 2.17. The van der Waals surface area contributed by atoms with E-state index in [9.17, 15) is 4.79 Å². The van der Waals surface area contributed by atoms with E-state index >= 15 is 0 Å². The topological polar surface area (TPSA) is 38.0 Å². The number of amides is 1. The lowest BCUT2D eigenvalue weighted by Crippen LogP contribution is -3.29. The molecule has 0 spiro atoms. The van der Waals surface area contributed by atoms with Gasteiger partial charge in [0.25, 0.3) is 5.91 Å². The van der Waals surface area contributed by atoms with Gasteiger partial charge in [-0.2, -0.15) is 0 Å². The number of benzene rings is 1. The predicted molar refractivity (Wildman–Crippen MR) is 105 cm³/mol. The van der Waals surface area contributed by atoms with Crippen LogP contribution in [0.4, 0.5) is 0 Å². The van der Waals surface area contributed by atoms with Gasteiger partial charge in [-0.3, -0.25) is 4.79 Å². The standard InChI is InChI=1S/C22H35N3O/c1-17(2)20-10-8-19(9-11-20)16-24-12-14-25(15-13-24)18(3)22(26)23-21-6-4-5-7-21/h8-11,17-18,21H,4-7,12-16H2,1-3H3,(H,23,26)/p+2/t18-/m0/s1. The fourth-order valence-corrected chi connectivity index (χ4v) is 4.43. The Morgan fingerprint density at radius 2 is 1.65 bits per heavy atom. The number of carbonyl (C=O) groups is 1. The van der Waals surface area contributed by atoms with Crippen molar-refractivity contribution in [2.75, 3.05) is 26.2 Å². The van der Waals surface area contributed by atoms with E-state index < -0.39 is 0 Å². The van der Waals surface area contributed by atoms with Gasteiger partial charge in [0, 0.05) is 11.6 Å². The Labute approximate surface area is 158 Å². The van der Waals surface area contributed by atoms with Crippen molar-refractivity contribution in [1.29, 1.82) is 0 Å². The summed E-state index contributed by atoms with van der Waals surface area (Å²) >= 11 is 0. The van der Waals surface area contributed by atoms with Crippen LogP contribution in [0.15, 0.2) is 24.3 Å². The van der Waals surface area contributed by atoms with E-state index in [1.807, 2.05) is 0 Å². The molecular formula is C22H37N3O+2. The number of rotatable bonds is 6. The second-order valence-electron chi connectivity index (χ2n) is 8.69. The van der Waals surface area contributed by atoms with Crippen LogP contribution in [0.3, 0.4) is 0 Å². The minimum atomic E-state index is 0.0856. The lowest BCUT2D eigenvalue weighted by atomic mass is 10.0. The molecule has 26 heavy (non-hydrogen) atoms. The van der Waals surface area contributed by atoms with Crippen molar-refractivity contribution < 1.29 is 14.6 Å². The summed E-state index contributed by atoms with van der Waals surface area (Å²) in [6.45, 7) is 12.2. The summed E-state index contributed by atoms with van der Waals surface area (Å²) in [7, 11) is 0. The van der Waals surface area contributed by atoms with Gasteiger partial charge >= 0.3 is 0 Å². The molecule has 2 aliphatic rings. The second-order valence-corrected chi connectivity index (χ2v) is 8.69. The summed E-state index contributed by atoms with van der Waals surface area (Å²) in [4.78, 5) is 15.6. The summed E-state index contributed by atoms with van der Waals surface area (Å²) in [6.07, 6.45) is 4.88. The summed E-state index contributed by atoms with van der Waals surface area (Å²) in [5, 5.41) is 3.27. The van der Waals surface area contributed by atoms with Crippen LogP contribution in [0.25, 0.3) is 0 Å². The Hall–Kier alpha value is -1.39. The van der Waals surface area contributed by atoms with Gasteiger partial charge in [0.2, 0.25) is 0 Å². The van der Waals surface area contributed by atoms with Crippen molar-refractivity contribution in [3.63, 3.8) is 0 Å². The van der Waals surface area contributed by atoms with Crippen LogP contribution in [0.2, 0.25) is 0 Å². The lowest BCUT2D eigenvalue weighted by Gasteiger charge is -2.33. The molecule has 1 atom stereocenters. The van der Waals surface area contributed by atoms with Crippen molar-refractivity contribution in [2.24, 2.45) is 0 Å². The van der Waals surface area contributed by atoms with E-state index in [1.54, 1.807) is 4.90 Å². The van der Waals surface area contributed by atoms with Crippen LogP contribution in [-0.4, -0.2) is 44.2 Å². The molecule has 0 radical (unpaired) electrons. The minimum absolute atomic E-state index is 0.0856. The molecule has 4 heteroatoms. The van der Waals surface area contributed by atoms with Crippen LogP contribution in [-0.2, 0) is 11.3 Å². The molecule has 1 amide bonds. The highest BCUT2D eigenvalue weighted by molar-refractivity contribution is 5.80. The Bertz CT molecular complexity index is 570. The Morgan fingerprint density at radius 3 is 2.23 bits per heavy atom. The van der Waals surface area contributed by atoms with Gasteiger partial charge in [-0.25, -0.2) is 0 Å². The fraction of sp³-hybridized carbons (Fsp3) is 0.682. The molecule has 144 valence electrons. The molecule has 1 saturated carbocycles. The SMILES string of the molecule is CC(C)c1ccc(C[NH+]2CC[NH+]([C@@H](C)C(=O)NC3CCCC3)CC2)cc1. The van der Waals surface area contributed by atoms with E-state index in [2.05, 4.69) is 50.4 Å². The van der Waals surface area contributed by atoms with E-state index in [1.165, 1.54) is 41.7 Å². The summed E-state index contributed by atoms with van der Waals surface area (Å²) in [5.41, 5.74) is 2.85. The minimum Gasteiger partial charge on any atom is -0.348 e. The third-order valence-corrected chi connectivity index (χ3v) is 6.41. The van der Waals surface area contributed by atoms with E-state index in [-0.39, 0.29) is 11.9 Å². The molecule has 4 nitrogen and oxygen atoms in total. The van der Waals surface area contributed by atoms with E-state index in [0.717, 1.165) is 32.7 Å². The average Bonchev–Trinajstić information content (AvgIpc) is 3.15. The maximum absolute atomic E-state index is 12.5. The molecule has 1 saturated heterocycles. The highest BCUT2D eigenvalue weighted by Gasteiger charge is 2.32. The second kappa shape index (κ2) is 9.01. The van der Waals surface area contributed by atoms with Gasteiger partial charge in [0.1, 0.15) is 32.7 Å². The third kappa shape index (κ3) is 5.08. The largest absolute Gasteiger partial charge is 0.348 e.